The largest absolute Gasteiger partial charge is 0.494 e. The fourth-order valence-corrected chi connectivity index (χ4v) is 3.87. The number of aliphatic hydroxyl groups is 1. The minimum atomic E-state index is -5.19. The van der Waals surface area contributed by atoms with E-state index in [1.807, 2.05) is 0 Å². The summed E-state index contributed by atoms with van der Waals surface area (Å²) in [5.41, 5.74) is -3.73. The second kappa shape index (κ2) is 12.3. The zero-order chi connectivity index (χ0) is 29.7. The molecular formula is C28H28F4N2O6. The third-order valence-corrected chi connectivity index (χ3v) is 6.24. The van der Waals surface area contributed by atoms with Crippen LogP contribution in [0.5, 0.6) is 17.2 Å². The average Bonchev–Trinajstić information content (AvgIpc) is 2.94. The van der Waals surface area contributed by atoms with Gasteiger partial charge < -0.3 is 24.6 Å². The Labute approximate surface area is 227 Å². The first kappa shape index (κ1) is 30.4. The van der Waals surface area contributed by atoms with Gasteiger partial charge in [0.25, 0.3) is 5.91 Å². The van der Waals surface area contributed by atoms with Gasteiger partial charge in [-0.1, -0.05) is 0 Å². The number of alkyl halides is 3. The number of Topliss-reactive ketones (excluding diaryl/α,β-unsaturated/α-hetero) is 1. The van der Waals surface area contributed by atoms with Crippen LogP contribution in [0.3, 0.4) is 0 Å². The summed E-state index contributed by atoms with van der Waals surface area (Å²) in [6.07, 6.45) is -6.93. The molecule has 214 valence electrons. The van der Waals surface area contributed by atoms with Crippen molar-refractivity contribution in [2.45, 2.75) is 31.5 Å². The van der Waals surface area contributed by atoms with Crippen LogP contribution >= 0.6 is 0 Å². The summed E-state index contributed by atoms with van der Waals surface area (Å²) in [5, 5.41) is 13.3. The van der Waals surface area contributed by atoms with Gasteiger partial charge in [-0.2, -0.15) is 13.2 Å². The normalized spacial score (nSPS) is 12.8. The molecule has 0 bridgehead atoms. The lowest BCUT2D eigenvalue weighted by atomic mass is 9.89. The predicted molar refractivity (Wildman–Crippen MR) is 137 cm³/mol. The summed E-state index contributed by atoms with van der Waals surface area (Å²) in [6, 6.07) is 10.0. The van der Waals surface area contributed by atoms with Crippen LogP contribution in [0, 0.1) is 12.7 Å². The lowest BCUT2D eigenvalue weighted by Gasteiger charge is -2.30. The molecule has 1 aromatic heterocycles. The van der Waals surface area contributed by atoms with Crippen molar-refractivity contribution in [2.75, 3.05) is 27.9 Å². The van der Waals surface area contributed by atoms with Crippen molar-refractivity contribution in [3.05, 3.63) is 71.2 Å². The van der Waals surface area contributed by atoms with Gasteiger partial charge >= 0.3 is 6.18 Å². The number of halogens is 4. The number of ketones is 1. The summed E-state index contributed by atoms with van der Waals surface area (Å²) in [7, 11) is 4.03. The number of ether oxygens (including phenoxy) is 3. The second-order valence-electron chi connectivity index (χ2n) is 8.82. The highest BCUT2D eigenvalue weighted by Gasteiger charge is 2.56. The highest BCUT2D eigenvalue weighted by atomic mass is 19.4. The lowest BCUT2D eigenvalue weighted by Crippen LogP contribution is -2.43. The van der Waals surface area contributed by atoms with Gasteiger partial charge in [0.1, 0.15) is 17.3 Å². The molecule has 0 saturated carbocycles. The van der Waals surface area contributed by atoms with E-state index in [0.29, 0.717) is 0 Å². The highest BCUT2D eigenvalue weighted by Crippen LogP contribution is 2.44. The molecule has 1 heterocycles. The van der Waals surface area contributed by atoms with E-state index in [9.17, 15) is 32.3 Å². The Bertz CT molecular complexity index is 1400. The zero-order valence-electron chi connectivity index (χ0n) is 22.2. The lowest BCUT2D eigenvalue weighted by molar-refractivity contribution is -0.270. The fourth-order valence-electron chi connectivity index (χ4n) is 3.87. The molecule has 40 heavy (non-hydrogen) atoms. The number of amides is 1. The number of carbonyl (C=O) groups excluding carboxylic acids is 2. The first-order valence-corrected chi connectivity index (χ1v) is 12.0. The van der Waals surface area contributed by atoms with Crippen molar-refractivity contribution in [1.29, 1.82) is 0 Å². The van der Waals surface area contributed by atoms with Crippen molar-refractivity contribution in [2.24, 2.45) is 0 Å². The standard InChI is InChI=1S/C28H28F4N2O6/c1-16-13-18(5-7-19(16)29)26-22(38-3)9-10-24(34-26)27(37,28(30,31)32)12-11-20(35)17-6-8-21(23(14-17)39-4)40-15-25(36)33-2/h5-10,13-14,37H,11-12,15H2,1-4H3,(H,33,36). The smallest absolute Gasteiger partial charge is 0.422 e. The Balaban J connectivity index is 1.91. The van der Waals surface area contributed by atoms with Crippen LogP contribution in [0.4, 0.5) is 17.6 Å². The molecule has 0 aliphatic carbocycles. The van der Waals surface area contributed by atoms with Crippen molar-refractivity contribution < 1.29 is 46.5 Å². The van der Waals surface area contributed by atoms with Gasteiger partial charge in [0.05, 0.1) is 19.9 Å². The van der Waals surface area contributed by atoms with E-state index in [2.05, 4.69) is 10.3 Å². The number of nitrogens with one attached hydrogen (secondary N) is 1. The van der Waals surface area contributed by atoms with E-state index in [4.69, 9.17) is 14.2 Å². The van der Waals surface area contributed by atoms with Crippen LogP contribution in [0.15, 0.2) is 48.5 Å². The van der Waals surface area contributed by atoms with E-state index in [-0.39, 0.29) is 46.2 Å². The molecule has 12 heteroatoms. The molecule has 2 N–H and O–H groups in total. The molecule has 8 nitrogen and oxygen atoms in total. The maximum Gasteiger partial charge on any atom is 0.422 e. The molecule has 3 aromatic rings. The van der Waals surface area contributed by atoms with Crippen LogP contribution in [-0.4, -0.2) is 55.8 Å². The van der Waals surface area contributed by atoms with Crippen LogP contribution in [0.2, 0.25) is 0 Å². The monoisotopic (exact) mass is 564 g/mol. The molecule has 1 unspecified atom stereocenters. The van der Waals surface area contributed by atoms with Crippen molar-refractivity contribution in [1.82, 2.24) is 10.3 Å². The van der Waals surface area contributed by atoms with Crippen LogP contribution in [-0.2, 0) is 10.4 Å². The molecule has 0 aliphatic rings. The SMILES string of the molecule is CNC(=O)COc1ccc(C(=O)CCC(O)(c2ccc(OC)c(-c3ccc(F)c(C)c3)n2)C(F)(F)F)cc1OC. The van der Waals surface area contributed by atoms with Crippen molar-refractivity contribution >= 4 is 11.7 Å². The Morgan fingerprint density at radius 3 is 2.25 bits per heavy atom. The van der Waals surface area contributed by atoms with Gasteiger partial charge in [-0.3, -0.25) is 9.59 Å². The Kier molecular flexibility index (Phi) is 9.36. The summed E-state index contributed by atoms with van der Waals surface area (Å²) in [6.45, 7) is 1.18. The van der Waals surface area contributed by atoms with E-state index in [0.717, 1.165) is 12.1 Å². The number of carbonyl (C=O) groups is 2. The Morgan fingerprint density at radius 2 is 1.65 bits per heavy atom. The number of rotatable bonds is 11. The van der Waals surface area contributed by atoms with Crippen LogP contribution in [0.25, 0.3) is 11.3 Å². The summed E-state index contributed by atoms with van der Waals surface area (Å²) >= 11 is 0. The minimum absolute atomic E-state index is 0.0128. The Morgan fingerprint density at radius 1 is 0.975 bits per heavy atom. The molecule has 2 aromatic carbocycles. The molecule has 0 fully saturated rings. The number of aromatic nitrogens is 1. The number of hydrogen-bond donors (Lipinski definition) is 2. The van der Waals surface area contributed by atoms with Gasteiger partial charge in [-0.15, -0.1) is 0 Å². The van der Waals surface area contributed by atoms with Crippen LogP contribution < -0.4 is 19.5 Å². The number of methoxy groups -OCH3 is 2. The molecule has 0 spiro atoms. The number of aryl methyl sites for hydroxylation is 1. The summed E-state index contributed by atoms with van der Waals surface area (Å²) in [4.78, 5) is 28.4. The summed E-state index contributed by atoms with van der Waals surface area (Å²) < 4.78 is 72.4. The van der Waals surface area contributed by atoms with Crippen molar-refractivity contribution in [3.8, 4) is 28.5 Å². The molecule has 0 aliphatic heterocycles. The topological polar surface area (TPSA) is 107 Å². The average molecular weight is 565 g/mol. The van der Waals surface area contributed by atoms with Gasteiger partial charge in [0.2, 0.25) is 5.60 Å². The maximum absolute atomic E-state index is 14.3. The number of pyridine rings is 1. The van der Waals surface area contributed by atoms with Gasteiger partial charge in [0.15, 0.2) is 23.9 Å². The Hall–Kier alpha value is -4.19. The second-order valence-corrected chi connectivity index (χ2v) is 8.82. The first-order valence-electron chi connectivity index (χ1n) is 12.0. The number of hydrogen-bond acceptors (Lipinski definition) is 7. The van der Waals surface area contributed by atoms with Gasteiger partial charge in [-0.25, -0.2) is 9.37 Å². The molecule has 0 saturated heterocycles. The third kappa shape index (κ3) is 6.50. The minimum Gasteiger partial charge on any atom is -0.494 e. The van der Waals surface area contributed by atoms with Gasteiger partial charge in [0, 0.05) is 24.6 Å². The van der Waals surface area contributed by atoms with Crippen LogP contribution in [0.1, 0.15) is 34.5 Å². The fraction of sp³-hybridized carbons (Fsp3) is 0.321. The molecular weight excluding hydrogens is 536 g/mol. The molecule has 1 atom stereocenters. The number of benzene rings is 2. The number of likely N-dealkylation sites (N-methyl/N-ethyl adjacent to an activating group) is 1. The van der Waals surface area contributed by atoms with Gasteiger partial charge in [-0.05, 0) is 67.4 Å². The van der Waals surface area contributed by atoms with Crippen molar-refractivity contribution in [3.63, 3.8) is 0 Å². The van der Waals surface area contributed by atoms with E-state index in [1.165, 1.54) is 64.6 Å². The van der Waals surface area contributed by atoms with E-state index < -0.39 is 47.8 Å². The first-order chi connectivity index (χ1) is 18.8. The molecule has 1 amide bonds. The summed E-state index contributed by atoms with van der Waals surface area (Å²) in [5.74, 6) is -1.26. The maximum atomic E-state index is 14.3. The number of nitrogens with zero attached hydrogens (tertiary/aromatic N) is 1. The third-order valence-electron chi connectivity index (χ3n) is 6.24. The highest BCUT2D eigenvalue weighted by molar-refractivity contribution is 5.96. The zero-order valence-corrected chi connectivity index (χ0v) is 22.2. The predicted octanol–water partition coefficient (Wildman–Crippen LogP) is 4.75. The molecule has 0 radical (unpaired) electrons. The van der Waals surface area contributed by atoms with E-state index >= 15 is 0 Å². The molecule has 3 rings (SSSR count). The quantitative estimate of drug-likeness (QED) is 0.256. The van der Waals surface area contributed by atoms with E-state index in [1.54, 1.807) is 0 Å².